The predicted molar refractivity (Wildman–Crippen MR) is 106 cm³/mol. The third-order valence-corrected chi connectivity index (χ3v) is 6.21. The van der Waals surface area contributed by atoms with E-state index in [1.165, 1.54) is 67.8 Å². The Balaban J connectivity index is 2.02. The second-order valence-corrected chi connectivity index (χ2v) is 8.84. The highest BCUT2D eigenvalue weighted by Gasteiger charge is 2.25. The number of nitrogen functional groups attached to an aromatic ring is 1. The lowest BCUT2D eigenvalue weighted by atomic mass is 10.2. The molecule has 29 heavy (non-hydrogen) atoms. The first kappa shape index (κ1) is 20.5. The lowest BCUT2D eigenvalue weighted by Gasteiger charge is -2.15. The fourth-order valence-corrected chi connectivity index (χ4v) is 4.32. The molecule has 3 rings (SSSR count). The minimum atomic E-state index is -4.22. The standard InChI is InChI=1S/C19H17NO7S2/c1-25-19-17(26-28(21,22)15-8-4-2-5-9-15)12-14(20)13-18(19)27-29(23,24)16-10-6-3-7-11-16/h2-13H,20H2,1H3. The van der Waals surface area contributed by atoms with Gasteiger partial charge in [-0.05, 0) is 24.3 Å². The Kier molecular flexibility index (Phi) is 5.66. The maximum atomic E-state index is 12.5. The van der Waals surface area contributed by atoms with Crippen LogP contribution in [0.2, 0.25) is 0 Å². The lowest BCUT2D eigenvalue weighted by molar-refractivity contribution is 0.372. The smallest absolute Gasteiger partial charge is 0.339 e. The van der Waals surface area contributed by atoms with Crippen molar-refractivity contribution < 1.29 is 29.9 Å². The normalized spacial score (nSPS) is 11.6. The van der Waals surface area contributed by atoms with Crippen molar-refractivity contribution in [3.8, 4) is 17.2 Å². The molecule has 0 amide bonds. The molecule has 3 aromatic rings. The summed E-state index contributed by atoms with van der Waals surface area (Å²) >= 11 is 0. The second kappa shape index (κ2) is 8.02. The van der Waals surface area contributed by atoms with Crippen LogP contribution in [0.5, 0.6) is 17.2 Å². The quantitative estimate of drug-likeness (QED) is 0.444. The number of methoxy groups -OCH3 is 1. The summed E-state index contributed by atoms with van der Waals surface area (Å²) in [6, 6.07) is 17.3. The molecule has 10 heteroatoms. The Labute approximate surface area is 168 Å². The number of ether oxygens (including phenoxy) is 1. The molecule has 0 aliphatic carbocycles. The van der Waals surface area contributed by atoms with Crippen molar-refractivity contribution in [1.82, 2.24) is 0 Å². The van der Waals surface area contributed by atoms with E-state index in [0.29, 0.717) is 0 Å². The van der Waals surface area contributed by atoms with E-state index < -0.39 is 20.2 Å². The predicted octanol–water partition coefficient (Wildman–Crippen LogP) is 2.81. The van der Waals surface area contributed by atoms with Gasteiger partial charge in [-0.3, -0.25) is 0 Å². The van der Waals surface area contributed by atoms with E-state index in [4.69, 9.17) is 18.8 Å². The van der Waals surface area contributed by atoms with Gasteiger partial charge in [0.25, 0.3) is 0 Å². The van der Waals surface area contributed by atoms with Crippen LogP contribution < -0.4 is 18.8 Å². The molecule has 8 nitrogen and oxygen atoms in total. The summed E-state index contributed by atoms with van der Waals surface area (Å²) in [5.74, 6) is -0.859. The average Bonchev–Trinajstić information content (AvgIpc) is 2.68. The molecule has 0 saturated carbocycles. The Morgan fingerprint density at radius 1 is 0.690 bits per heavy atom. The van der Waals surface area contributed by atoms with E-state index in [-0.39, 0.29) is 32.7 Å². The number of anilines is 1. The minimum absolute atomic E-state index is 0.0160. The first-order chi connectivity index (χ1) is 13.7. The zero-order valence-electron chi connectivity index (χ0n) is 15.2. The number of benzene rings is 3. The molecular formula is C19H17NO7S2. The van der Waals surface area contributed by atoms with Crippen molar-refractivity contribution >= 4 is 25.9 Å². The maximum Gasteiger partial charge on any atom is 0.339 e. The zero-order chi connectivity index (χ0) is 21.1. The molecule has 3 aromatic carbocycles. The van der Waals surface area contributed by atoms with Crippen LogP contribution in [-0.4, -0.2) is 23.9 Å². The van der Waals surface area contributed by atoms with Crippen molar-refractivity contribution in [3.63, 3.8) is 0 Å². The van der Waals surface area contributed by atoms with Crippen LogP contribution in [0.25, 0.3) is 0 Å². The average molecular weight is 435 g/mol. The van der Waals surface area contributed by atoms with Gasteiger partial charge < -0.3 is 18.8 Å². The summed E-state index contributed by atoms with van der Waals surface area (Å²) in [7, 11) is -7.21. The fraction of sp³-hybridized carbons (Fsp3) is 0.0526. The molecule has 0 unspecified atom stereocenters. The van der Waals surface area contributed by atoms with Gasteiger partial charge in [0.05, 0.1) is 7.11 Å². The van der Waals surface area contributed by atoms with E-state index in [2.05, 4.69) is 0 Å². The Morgan fingerprint density at radius 3 is 1.41 bits per heavy atom. The Morgan fingerprint density at radius 2 is 1.07 bits per heavy atom. The van der Waals surface area contributed by atoms with Gasteiger partial charge in [0.15, 0.2) is 11.5 Å². The van der Waals surface area contributed by atoms with Crippen molar-refractivity contribution in [2.45, 2.75) is 9.79 Å². The van der Waals surface area contributed by atoms with Gasteiger partial charge >= 0.3 is 20.2 Å². The summed E-state index contributed by atoms with van der Waals surface area (Å²) in [5, 5.41) is 0. The monoisotopic (exact) mass is 435 g/mol. The van der Waals surface area contributed by atoms with Crippen LogP contribution in [0.3, 0.4) is 0 Å². The van der Waals surface area contributed by atoms with E-state index in [1.807, 2.05) is 0 Å². The molecule has 0 atom stereocenters. The molecule has 0 aliphatic rings. The topological polar surface area (TPSA) is 122 Å². The highest BCUT2D eigenvalue weighted by atomic mass is 32.2. The molecule has 0 bridgehead atoms. The largest absolute Gasteiger partial charge is 0.490 e. The van der Waals surface area contributed by atoms with Crippen LogP contribution in [-0.2, 0) is 20.2 Å². The van der Waals surface area contributed by atoms with Crippen LogP contribution in [0, 0.1) is 0 Å². The highest BCUT2D eigenvalue weighted by Crippen LogP contribution is 2.42. The molecule has 0 aliphatic heterocycles. The van der Waals surface area contributed by atoms with Gasteiger partial charge in [0, 0.05) is 17.8 Å². The molecule has 0 radical (unpaired) electrons. The summed E-state index contributed by atoms with van der Waals surface area (Å²) in [5.41, 5.74) is 5.81. The van der Waals surface area contributed by atoms with Crippen LogP contribution in [0.1, 0.15) is 0 Å². The molecule has 152 valence electrons. The van der Waals surface area contributed by atoms with Crippen molar-refractivity contribution in [1.29, 1.82) is 0 Å². The van der Waals surface area contributed by atoms with Crippen molar-refractivity contribution in [2.24, 2.45) is 0 Å². The molecule has 0 saturated heterocycles. The van der Waals surface area contributed by atoms with Crippen molar-refractivity contribution in [2.75, 3.05) is 12.8 Å². The van der Waals surface area contributed by atoms with E-state index in [9.17, 15) is 16.8 Å². The molecular weight excluding hydrogens is 418 g/mol. The number of rotatable bonds is 7. The van der Waals surface area contributed by atoms with E-state index >= 15 is 0 Å². The number of hydrogen-bond donors (Lipinski definition) is 1. The molecule has 2 N–H and O–H groups in total. The summed E-state index contributed by atoms with van der Waals surface area (Å²) in [6.07, 6.45) is 0. The van der Waals surface area contributed by atoms with Gasteiger partial charge in [-0.15, -0.1) is 0 Å². The number of nitrogens with two attached hydrogens (primary N) is 1. The maximum absolute atomic E-state index is 12.5. The Bertz CT molecular complexity index is 1120. The lowest BCUT2D eigenvalue weighted by Crippen LogP contribution is -2.13. The van der Waals surface area contributed by atoms with Crippen LogP contribution in [0.4, 0.5) is 5.69 Å². The van der Waals surface area contributed by atoms with E-state index in [0.717, 1.165) is 0 Å². The first-order valence-electron chi connectivity index (χ1n) is 8.19. The van der Waals surface area contributed by atoms with Crippen LogP contribution >= 0.6 is 0 Å². The Hall–Kier alpha value is -3.24. The van der Waals surface area contributed by atoms with E-state index in [1.54, 1.807) is 12.1 Å². The van der Waals surface area contributed by atoms with Crippen molar-refractivity contribution in [3.05, 3.63) is 72.8 Å². The molecule has 0 heterocycles. The van der Waals surface area contributed by atoms with Crippen LogP contribution in [0.15, 0.2) is 82.6 Å². The molecule has 0 aromatic heterocycles. The zero-order valence-corrected chi connectivity index (χ0v) is 16.8. The summed E-state index contributed by atoms with van der Waals surface area (Å²) < 4.78 is 65.5. The van der Waals surface area contributed by atoms with Gasteiger partial charge in [0.2, 0.25) is 5.75 Å². The SMILES string of the molecule is COc1c(OS(=O)(=O)c2ccccc2)cc(N)cc1OS(=O)(=O)c1ccccc1. The number of hydrogen-bond acceptors (Lipinski definition) is 8. The van der Waals surface area contributed by atoms with Gasteiger partial charge in [-0.2, -0.15) is 16.8 Å². The highest BCUT2D eigenvalue weighted by molar-refractivity contribution is 7.87. The van der Waals surface area contributed by atoms with Gasteiger partial charge in [0.1, 0.15) is 9.79 Å². The molecule has 0 spiro atoms. The summed E-state index contributed by atoms with van der Waals surface area (Å²) in [6.45, 7) is 0. The first-order valence-corrected chi connectivity index (χ1v) is 11.0. The second-order valence-electron chi connectivity index (χ2n) is 5.75. The minimum Gasteiger partial charge on any atom is -0.490 e. The third-order valence-electron chi connectivity index (χ3n) is 3.71. The third kappa shape index (κ3) is 4.61. The fourth-order valence-electron chi connectivity index (χ4n) is 2.43. The summed E-state index contributed by atoms with van der Waals surface area (Å²) in [4.78, 5) is -0.187. The van der Waals surface area contributed by atoms with Gasteiger partial charge in [-0.25, -0.2) is 0 Å². The molecule has 0 fully saturated rings. The van der Waals surface area contributed by atoms with Gasteiger partial charge in [-0.1, -0.05) is 36.4 Å².